The number of carboxylic acid groups (broad SMARTS) is 1. The predicted molar refractivity (Wildman–Crippen MR) is 68.5 cm³/mol. The molecule has 1 saturated heterocycles. The lowest BCUT2D eigenvalue weighted by molar-refractivity contribution is -0.147. The van der Waals surface area contributed by atoms with E-state index in [0.29, 0.717) is 25.9 Å². The Morgan fingerprint density at radius 1 is 1.28 bits per heavy atom. The first-order valence-corrected chi connectivity index (χ1v) is 6.26. The molecule has 0 spiro atoms. The minimum absolute atomic E-state index is 0.0569. The van der Waals surface area contributed by atoms with Gasteiger partial charge in [0.1, 0.15) is 5.54 Å². The van der Waals surface area contributed by atoms with Crippen molar-refractivity contribution in [2.24, 2.45) is 0 Å². The quantitative estimate of drug-likeness (QED) is 0.776. The maximum Gasteiger partial charge on any atom is 0.324 e. The van der Waals surface area contributed by atoms with Crippen LogP contribution in [-0.2, 0) is 4.79 Å². The van der Waals surface area contributed by atoms with Gasteiger partial charge in [0.15, 0.2) is 0 Å². The second-order valence-electron chi connectivity index (χ2n) is 5.35. The minimum Gasteiger partial charge on any atom is -0.480 e. The van der Waals surface area contributed by atoms with Gasteiger partial charge < -0.3 is 14.9 Å². The van der Waals surface area contributed by atoms with Gasteiger partial charge in [-0.15, -0.1) is 0 Å². The zero-order valence-corrected chi connectivity index (χ0v) is 11.6. The van der Waals surface area contributed by atoms with E-state index in [1.165, 1.54) is 4.90 Å². The zero-order valence-electron chi connectivity index (χ0n) is 11.6. The molecule has 0 saturated carbocycles. The van der Waals surface area contributed by atoms with Crippen LogP contribution in [0.3, 0.4) is 0 Å². The normalized spacial score (nSPS) is 18.8. The van der Waals surface area contributed by atoms with Crippen molar-refractivity contribution in [1.82, 2.24) is 15.1 Å². The summed E-state index contributed by atoms with van der Waals surface area (Å²) >= 11 is 0. The van der Waals surface area contributed by atoms with Crippen molar-refractivity contribution in [3.05, 3.63) is 0 Å². The second kappa shape index (κ2) is 5.56. The van der Waals surface area contributed by atoms with Gasteiger partial charge in [-0.25, -0.2) is 4.79 Å². The Morgan fingerprint density at radius 2 is 1.78 bits per heavy atom. The number of urea groups is 1. The molecule has 0 radical (unpaired) electrons. The van der Waals surface area contributed by atoms with E-state index < -0.39 is 11.5 Å². The summed E-state index contributed by atoms with van der Waals surface area (Å²) in [5.41, 5.74) is -0.892. The number of nitrogens with one attached hydrogen (secondary N) is 1. The summed E-state index contributed by atoms with van der Waals surface area (Å²) in [6.45, 7) is 4.82. The van der Waals surface area contributed by atoms with Crippen LogP contribution in [0.2, 0.25) is 0 Å². The van der Waals surface area contributed by atoms with E-state index in [2.05, 4.69) is 5.32 Å². The fraction of sp³-hybridized carbons (Fsp3) is 0.833. The zero-order chi connectivity index (χ0) is 13.9. The number of carbonyl (C=O) groups is 2. The second-order valence-corrected chi connectivity index (χ2v) is 5.35. The van der Waals surface area contributed by atoms with Crippen molar-refractivity contribution in [2.75, 3.05) is 27.2 Å². The molecule has 0 aromatic rings. The summed E-state index contributed by atoms with van der Waals surface area (Å²) in [6, 6.07) is 0.0516. The van der Waals surface area contributed by atoms with Crippen LogP contribution in [-0.4, -0.2) is 65.7 Å². The Balaban J connectivity index is 2.69. The van der Waals surface area contributed by atoms with Crippen molar-refractivity contribution < 1.29 is 14.7 Å². The monoisotopic (exact) mass is 257 g/mol. The highest BCUT2D eigenvalue weighted by atomic mass is 16.4. The van der Waals surface area contributed by atoms with E-state index in [-0.39, 0.29) is 12.1 Å². The lowest BCUT2D eigenvalue weighted by atomic mass is 9.87. The number of carboxylic acids is 1. The van der Waals surface area contributed by atoms with Gasteiger partial charge in [-0.1, -0.05) is 0 Å². The third-order valence-electron chi connectivity index (χ3n) is 3.24. The molecule has 0 aliphatic carbocycles. The van der Waals surface area contributed by atoms with Gasteiger partial charge >= 0.3 is 12.0 Å². The number of nitrogens with zero attached hydrogens (tertiary/aromatic N) is 2. The van der Waals surface area contributed by atoms with Crippen LogP contribution in [0.4, 0.5) is 4.79 Å². The molecule has 0 bridgehead atoms. The number of rotatable bonds is 3. The molecule has 18 heavy (non-hydrogen) atoms. The fourth-order valence-corrected chi connectivity index (χ4v) is 2.34. The van der Waals surface area contributed by atoms with E-state index >= 15 is 0 Å². The van der Waals surface area contributed by atoms with Gasteiger partial charge in [-0.2, -0.15) is 0 Å². The maximum atomic E-state index is 11.8. The SMILES string of the molecule is CC(C)NC1(C(=O)O)CCN(C(=O)N(C)C)CC1. The molecule has 2 N–H and O–H groups in total. The summed E-state index contributed by atoms with van der Waals surface area (Å²) in [5.74, 6) is -0.826. The maximum absolute atomic E-state index is 11.8. The molecule has 6 nitrogen and oxygen atoms in total. The number of piperidine rings is 1. The molecular weight excluding hydrogens is 234 g/mol. The standard InChI is InChI=1S/C12H23N3O3/c1-9(2)13-12(10(16)17)5-7-15(8-6-12)11(18)14(3)4/h9,13H,5-8H2,1-4H3,(H,16,17). The van der Waals surface area contributed by atoms with Crippen LogP contribution < -0.4 is 5.32 Å². The molecule has 6 heteroatoms. The average Bonchev–Trinajstić information content (AvgIpc) is 2.27. The number of likely N-dealkylation sites (tertiary alicyclic amines) is 1. The van der Waals surface area contributed by atoms with Crippen molar-refractivity contribution >= 4 is 12.0 Å². The lowest BCUT2D eigenvalue weighted by Gasteiger charge is -2.41. The number of hydrogen-bond donors (Lipinski definition) is 2. The van der Waals surface area contributed by atoms with Crippen molar-refractivity contribution in [2.45, 2.75) is 38.3 Å². The lowest BCUT2D eigenvalue weighted by Crippen LogP contribution is -2.61. The largest absolute Gasteiger partial charge is 0.480 e. The van der Waals surface area contributed by atoms with Gasteiger partial charge in [-0.3, -0.25) is 10.1 Å². The molecule has 1 fully saturated rings. The fourth-order valence-electron chi connectivity index (χ4n) is 2.34. The van der Waals surface area contributed by atoms with E-state index in [1.807, 2.05) is 13.8 Å². The average molecular weight is 257 g/mol. The minimum atomic E-state index is -0.892. The molecule has 0 aromatic heterocycles. The molecule has 2 amide bonds. The van der Waals surface area contributed by atoms with Gasteiger partial charge in [-0.05, 0) is 26.7 Å². The van der Waals surface area contributed by atoms with Crippen LogP contribution in [0, 0.1) is 0 Å². The Labute approximate surface area is 108 Å². The molecular formula is C12H23N3O3. The third-order valence-corrected chi connectivity index (χ3v) is 3.24. The van der Waals surface area contributed by atoms with Crippen LogP contribution in [0.15, 0.2) is 0 Å². The molecule has 1 aliphatic rings. The molecule has 1 heterocycles. The molecule has 0 atom stereocenters. The highest BCUT2D eigenvalue weighted by Crippen LogP contribution is 2.24. The predicted octanol–water partition coefficient (Wildman–Crippen LogP) is 0.585. The highest BCUT2D eigenvalue weighted by Gasteiger charge is 2.42. The molecule has 0 unspecified atom stereocenters. The van der Waals surface area contributed by atoms with Gasteiger partial charge in [0.05, 0.1) is 0 Å². The number of aliphatic carboxylic acids is 1. The van der Waals surface area contributed by atoms with Crippen LogP contribution >= 0.6 is 0 Å². The Bertz CT molecular complexity index is 321. The van der Waals surface area contributed by atoms with Gasteiger partial charge in [0.25, 0.3) is 0 Å². The van der Waals surface area contributed by atoms with E-state index in [1.54, 1.807) is 19.0 Å². The van der Waals surface area contributed by atoms with Gasteiger partial charge in [0, 0.05) is 33.2 Å². The summed E-state index contributed by atoms with van der Waals surface area (Å²) < 4.78 is 0. The smallest absolute Gasteiger partial charge is 0.324 e. The molecule has 1 aliphatic heterocycles. The van der Waals surface area contributed by atoms with Gasteiger partial charge in [0.2, 0.25) is 0 Å². The van der Waals surface area contributed by atoms with E-state index in [0.717, 1.165) is 0 Å². The first-order valence-electron chi connectivity index (χ1n) is 6.26. The molecule has 1 rings (SSSR count). The Morgan fingerprint density at radius 3 is 2.11 bits per heavy atom. The topological polar surface area (TPSA) is 72.9 Å². The first kappa shape index (κ1) is 14.8. The first-order chi connectivity index (χ1) is 8.28. The molecule has 104 valence electrons. The highest BCUT2D eigenvalue weighted by molar-refractivity contribution is 5.80. The summed E-state index contributed by atoms with van der Waals surface area (Å²) in [6.07, 6.45) is 0.889. The number of hydrogen-bond acceptors (Lipinski definition) is 3. The van der Waals surface area contributed by atoms with Crippen LogP contribution in [0.25, 0.3) is 0 Å². The Hall–Kier alpha value is -1.30. The molecule has 0 aromatic carbocycles. The number of carbonyl (C=O) groups excluding carboxylic acids is 1. The van der Waals surface area contributed by atoms with Crippen molar-refractivity contribution in [3.63, 3.8) is 0 Å². The van der Waals surface area contributed by atoms with Crippen molar-refractivity contribution in [1.29, 1.82) is 0 Å². The number of amides is 2. The van der Waals surface area contributed by atoms with Crippen molar-refractivity contribution in [3.8, 4) is 0 Å². The Kier molecular flexibility index (Phi) is 4.56. The van der Waals surface area contributed by atoms with E-state index in [4.69, 9.17) is 0 Å². The van der Waals surface area contributed by atoms with Crippen LogP contribution in [0.1, 0.15) is 26.7 Å². The summed E-state index contributed by atoms with van der Waals surface area (Å²) in [7, 11) is 3.40. The summed E-state index contributed by atoms with van der Waals surface area (Å²) in [5, 5.41) is 12.5. The third kappa shape index (κ3) is 3.13. The van der Waals surface area contributed by atoms with Crippen LogP contribution in [0.5, 0.6) is 0 Å². The summed E-state index contributed by atoms with van der Waals surface area (Å²) in [4.78, 5) is 26.4. The van der Waals surface area contributed by atoms with E-state index in [9.17, 15) is 14.7 Å².